The van der Waals surface area contributed by atoms with E-state index in [9.17, 15) is 9.90 Å². The molecule has 4 rings (SSSR count). The number of likely N-dealkylation sites (N-methyl/N-ethyl adjacent to an activating group) is 1. The lowest BCUT2D eigenvalue weighted by Crippen LogP contribution is -3.00. The third-order valence-electron chi connectivity index (χ3n) is 7.19. The molecular weight excluding hydrogens is 547 g/mol. The Labute approximate surface area is 225 Å². The minimum Gasteiger partial charge on any atom is -1.00 e. The van der Waals surface area contributed by atoms with Gasteiger partial charge in [0.05, 0.1) is 11.0 Å². The smallest absolute Gasteiger partial charge is 0.335 e. The normalized spacial score (nSPS) is 19.4. The summed E-state index contributed by atoms with van der Waals surface area (Å²) < 4.78 is 2.18. The van der Waals surface area contributed by atoms with E-state index in [4.69, 9.17) is 0 Å². The maximum Gasteiger partial charge on any atom is 0.335 e. The Hall–Kier alpha value is -2.93. The van der Waals surface area contributed by atoms with Crippen molar-refractivity contribution in [2.75, 3.05) is 19.0 Å². The van der Waals surface area contributed by atoms with E-state index in [1.807, 2.05) is 36.4 Å². The fourth-order valence-electron chi connectivity index (χ4n) is 5.29. The zero-order valence-electron chi connectivity index (χ0n) is 21.2. The molecule has 2 heterocycles. The molecule has 4 nitrogen and oxygen atoms in total. The maximum absolute atomic E-state index is 11.9. The monoisotopic (exact) mass is 580 g/mol. The van der Waals surface area contributed by atoms with Crippen LogP contribution in [0.25, 0.3) is 0 Å². The summed E-state index contributed by atoms with van der Waals surface area (Å²) >= 11 is 0. The van der Waals surface area contributed by atoms with Crippen molar-refractivity contribution in [2.24, 2.45) is 0 Å². The topological polar surface area (TPSA) is 43.5 Å². The van der Waals surface area contributed by atoms with Gasteiger partial charge >= 0.3 is 5.97 Å². The van der Waals surface area contributed by atoms with Crippen molar-refractivity contribution >= 4 is 23.1 Å². The summed E-state index contributed by atoms with van der Waals surface area (Å²) in [6.07, 6.45) is 11.0. The van der Waals surface area contributed by atoms with Gasteiger partial charge in [0.25, 0.3) is 0 Å². The lowest BCUT2D eigenvalue weighted by Gasteiger charge is -2.23. The second-order valence-corrected chi connectivity index (χ2v) is 9.98. The quantitative estimate of drug-likeness (QED) is 0.256. The molecule has 2 aromatic rings. The Morgan fingerprint density at radius 2 is 1.57 bits per heavy atom. The van der Waals surface area contributed by atoms with Gasteiger partial charge in [0.1, 0.15) is 7.05 Å². The molecule has 0 spiro atoms. The summed E-state index contributed by atoms with van der Waals surface area (Å²) in [6.45, 7) is 8.78. The highest BCUT2D eigenvalue weighted by Crippen LogP contribution is 2.46. The van der Waals surface area contributed by atoms with Gasteiger partial charge in [-0.3, -0.25) is 0 Å². The first-order valence-corrected chi connectivity index (χ1v) is 11.6. The zero-order chi connectivity index (χ0) is 24.7. The highest BCUT2D eigenvalue weighted by atomic mass is 127. The Morgan fingerprint density at radius 3 is 2.20 bits per heavy atom. The molecule has 0 unspecified atom stereocenters. The van der Waals surface area contributed by atoms with Gasteiger partial charge in [-0.25, -0.2) is 4.79 Å². The van der Waals surface area contributed by atoms with Crippen molar-refractivity contribution in [1.82, 2.24) is 0 Å². The minimum atomic E-state index is -0.950. The van der Waals surface area contributed by atoms with E-state index < -0.39 is 5.97 Å². The van der Waals surface area contributed by atoms with Crippen molar-refractivity contribution in [3.8, 4) is 0 Å². The predicted octanol–water partition coefficient (Wildman–Crippen LogP) is 3.13. The van der Waals surface area contributed by atoms with Gasteiger partial charge < -0.3 is 34.0 Å². The molecule has 0 saturated carbocycles. The van der Waals surface area contributed by atoms with Crippen LogP contribution in [0, 0.1) is 0 Å². The van der Waals surface area contributed by atoms with Gasteiger partial charge in [-0.2, -0.15) is 4.58 Å². The third kappa shape index (κ3) is 4.66. The molecule has 0 atom stereocenters. The number of aliphatic carboxylic acids is 1. The molecule has 0 bridgehead atoms. The van der Waals surface area contributed by atoms with Crippen LogP contribution in [0.15, 0.2) is 96.3 Å². The Morgan fingerprint density at radius 1 is 0.943 bits per heavy atom. The molecule has 0 saturated heterocycles. The summed E-state index contributed by atoms with van der Waals surface area (Å²) in [4.78, 5) is 14.1. The minimum absolute atomic E-state index is 0. The Balaban J connectivity index is 0.00000342. The second-order valence-electron chi connectivity index (χ2n) is 9.98. The number of fused-ring (bicyclic) bond motifs is 2. The first-order valence-electron chi connectivity index (χ1n) is 11.6. The number of carboxylic acid groups (broad SMARTS) is 1. The van der Waals surface area contributed by atoms with Crippen LogP contribution in [-0.4, -0.2) is 35.5 Å². The van der Waals surface area contributed by atoms with Crippen LogP contribution in [0.5, 0.6) is 0 Å². The number of carbonyl (C=O) groups is 1. The molecule has 182 valence electrons. The highest BCUT2D eigenvalue weighted by molar-refractivity contribution is 6.03. The molecule has 0 aliphatic carbocycles. The molecule has 2 aromatic carbocycles. The Bertz CT molecular complexity index is 1310. The zero-order valence-corrected chi connectivity index (χ0v) is 23.4. The molecule has 0 aromatic heterocycles. The first-order chi connectivity index (χ1) is 16.1. The van der Waals surface area contributed by atoms with Gasteiger partial charge in [-0.15, -0.1) is 0 Å². The fourth-order valence-corrected chi connectivity index (χ4v) is 5.29. The van der Waals surface area contributed by atoms with Gasteiger partial charge in [0.2, 0.25) is 5.69 Å². The number of halogens is 1. The van der Waals surface area contributed by atoms with E-state index in [2.05, 4.69) is 87.7 Å². The summed E-state index contributed by atoms with van der Waals surface area (Å²) in [6, 6.07) is 16.7. The van der Waals surface area contributed by atoms with Crippen LogP contribution in [-0.2, 0) is 15.6 Å². The molecule has 1 N–H and O–H groups in total. The number of para-hydroxylation sites is 2. The molecule has 2 aliphatic heterocycles. The largest absolute Gasteiger partial charge is 1.00 e. The number of benzene rings is 2. The van der Waals surface area contributed by atoms with Crippen molar-refractivity contribution in [3.63, 3.8) is 0 Å². The number of rotatable bonds is 5. The summed E-state index contributed by atoms with van der Waals surface area (Å²) in [5, 5.41) is 9.75. The highest BCUT2D eigenvalue weighted by Gasteiger charge is 2.42. The van der Waals surface area contributed by atoms with Crippen LogP contribution in [0.3, 0.4) is 0 Å². The van der Waals surface area contributed by atoms with Crippen LogP contribution in [0.1, 0.15) is 38.8 Å². The van der Waals surface area contributed by atoms with E-state index in [1.54, 1.807) is 12.2 Å². The van der Waals surface area contributed by atoms with Crippen molar-refractivity contribution in [2.45, 2.75) is 38.5 Å². The number of allylic oxidation sites excluding steroid dienone is 6. The molecule has 2 aliphatic rings. The van der Waals surface area contributed by atoms with E-state index in [0.29, 0.717) is 0 Å². The maximum atomic E-state index is 11.9. The summed E-state index contributed by atoms with van der Waals surface area (Å²) in [5.74, 6) is -0.950. The molecular formula is C30H33IN2O2. The van der Waals surface area contributed by atoms with E-state index in [1.165, 1.54) is 22.5 Å². The van der Waals surface area contributed by atoms with Crippen LogP contribution < -0.4 is 28.9 Å². The van der Waals surface area contributed by atoms with E-state index in [-0.39, 0.29) is 40.4 Å². The molecule has 0 amide bonds. The average Bonchev–Trinajstić information content (AvgIpc) is 3.12. The van der Waals surface area contributed by atoms with E-state index >= 15 is 0 Å². The van der Waals surface area contributed by atoms with Crippen molar-refractivity contribution in [3.05, 3.63) is 107 Å². The van der Waals surface area contributed by atoms with Crippen LogP contribution in [0.2, 0.25) is 0 Å². The van der Waals surface area contributed by atoms with Gasteiger partial charge in [-0.05, 0) is 43.7 Å². The van der Waals surface area contributed by atoms with Crippen molar-refractivity contribution in [1.29, 1.82) is 0 Å². The number of nitrogens with zero attached hydrogens (tertiary/aromatic N) is 2. The first kappa shape index (κ1) is 26.7. The second kappa shape index (κ2) is 9.97. The molecule has 0 radical (unpaired) electrons. The number of hydrogen-bond acceptors (Lipinski definition) is 2. The lowest BCUT2D eigenvalue weighted by molar-refractivity contribution is -0.401. The number of anilines is 1. The predicted molar refractivity (Wildman–Crippen MR) is 140 cm³/mol. The van der Waals surface area contributed by atoms with Gasteiger partial charge in [-0.1, -0.05) is 62.4 Å². The standard InChI is InChI=1S/C30H32N2O2.HI/c1-29(2)22-15-7-9-17-24(22)31(5)26(29)19-11-13-21(28(33)34)14-12-20-27-30(3,4)23-16-8-10-18-25(23)32(27)6;/h7-20H,1-6H3;1H. The molecule has 0 fully saturated rings. The number of carboxylic acids is 1. The Kier molecular flexibility index (Phi) is 7.60. The lowest BCUT2D eigenvalue weighted by atomic mass is 9.81. The average molecular weight is 581 g/mol. The molecule has 5 heteroatoms. The molecule has 35 heavy (non-hydrogen) atoms. The SMILES string of the molecule is CN1\C(=C/C=C/C(=C/C=C/C2=[N+](C)c3ccccc3C2(C)C)C(=O)O)C(C)(C)c2ccccc21.[I-]. The summed E-state index contributed by atoms with van der Waals surface area (Å²) in [7, 11) is 4.11. The fraction of sp³-hybridized carbons (Fsp3) is 0.267. The van der Waals surface area contributed by atoms with Crippen LogP contribution >= 0.6 is 0 Å². The third-order valence-corrected chi connectivity index (χ3v) is 7.19. The van der Waals surface area contributed by atoms with Crippen molar-refractivity contribution < 1.29 is 38.5 Å². The number of hydrogen-bond donors (Lipinski definition) is 1. The van der Waals surface area contributed by atoms with E-state index in [0.717, 1.165) is 11.4 Å². The van der Waals surface area contributed by atoms with Gasteiger partial charge in [0, 0.05) is 41.6 Å². The van der Waals surface area contributed by atoms with Gasteiger partial charge in [0.15, 0.2) is 5.71 Å². The van der Waals surface area contributed by atoms with Crippen LogP contribution in [0.4, 0.5) is 11.4 Å². The summed E-state index contributed by atoms with van der Waals surface area (Å²) in [5.41, 5.74) is 7.13.